The molecule has 7 nitrogen and oxygen atoms in total. The number of carbonyl (C=O) groups is 3. The van der Waals surface area contributed by atoms with E-state index in [2.05, 4.69) is 20.9 Å². The largest absolute Gasteiger partial charge is 0.369 e. The van der Waals surface area contributed by atoms with Crippen molar-refractivity contribution in [1.29, 1.82) is 0 Å². The van der Waals surface area contributed by atoms with Gasteiger partial charge in [-0.05, 0) is 40.2 Å². The van der Waals surface area contributed by atoms with E-state index < -0.39 is 64.9 Å². The first-order valence-electron chi connectivity index (χ1n) is 9.03. The summed E-state index contributed by atoms with van der Waals surface area (Å²) in [4.78, 5) is 48.0. The Morgan fingerprint density at radius 1 is 1.00 bits per heavy atom. The van der Waals surface area contributed by atoms with Gasteiger partial charge in [0.2, 0.25) is 0 Å². The van der Waals surface area contributed by atoms with Crippen molar-refractivity contribution in [2.24, 2.45) is 0 Å². The number of amides is 2. The van der Waals surface area contributed by atoms with Gasteiger partial charge in [-0.2, -0.15) is 0 Å². The highest BCUT2D eigenvalue weighted by Gasteiger charge is 2.47. The van der Waals surface area contributed by atoms with E-state index in [4.69, 9.17) is 4.84 Å². The van der Waals surface area contributed by atoms with Gasteiger partial charge in [-0.25, -0.2) is 27.3 Å². The molecule has 1 aliphatic heterocycles. The van der Waals surface area contributed by atoms with Crippen molar-refractivity contribution in [3.05, 3.63) is 85.8 Å². The van der Waals surface area contributed by atoms with Gasteiger partial charge in [0.1, 0.15) is 40.9 Å². The maximum absolute atomic E-state index is 14.2. The maximum Gasteiger partial charge on any atom is 0.369 e. The first kappa shape index (κ1) is 22.9. The lowest BCUT2D eigenvalue weighted by molar-refractivity contribution is -0.171. The number of hydrogen-bond acceptors (Lipinski definition) is 6. The molecule has 0 unspecified atom stereocenters. The maximum atomic E-state index is 14.2. The molecular weight excluding hydrogens is 534 g/mol. The molecule has 1 aromatic heterocycles. The number of carbonyl (C=O) groups excluding carboxylic acids is 3. The third-order valence-electron chi connectivity index (χ3n) is 4.60. The van der Waals surface area contributed by atoms with Gasteiger partial charge in [-0.15, -0.1) is 16.4 Å². The number of thiazole rings is 1. The van der Waals surface area contributed by atoms with Crippen LogP contribution in [0.25, 0.3) is 0 Å². The van der Waals surface area contributed by atoms with Gasteiger partial charge < -0.3 is 9.74 Å². The minimum atomic E-state index is -1.54. The summed E-state index contributed by atoms with van der Waals surface area (Å²) in [6, 6.07) is 5.46. The van der Waals surface area contributed by atoms with Crippen LogP contribution >= 0.6 is 27.3 Å². The molecule has 2 aromatic carbocycles. The second kappa shape index (κ2) is 8.90. The fourth-order valence-corrected chi connectivity index (χ4v) is 4.57. The van der Waals surface area contributed by atoms with E-state index in [-0.39, 0.29) is 4.88 Å². The molecule has 2 amide bonds. The van der Waals surface area contributed by atoms with Crippen LogP contribution < -0.4 is 0 Å². The number of hydroxylamine groups is 2. The van der Waals surface area contributed by atoms with Gasteiger partial charge in [0.25, 0.3) is 11.8 Å². The first-order valence-corrected chi connectivity index (χ1v) is 10.6. The van der Waals surface area contributed by atoms with Crippen molar-refractivity contribution < 1.29 is 36.8 Å². The molecule has 3 aromatic rings. The van der Waals surface area contributed by atoms with Crippen LogP contribution in [0.1, 0.15) is 31.8 Å². The average molecular weight is 544 g/mol. The minimum Gasteiger partial charge on any atom is -0.330 e. The smallest absolute Gasteiger partial charge is 0.330 e. The zero-order chi connectivity index (χ0) is 23.9. The molecule has 1 fully saturated rings. The van der Waals surface area contributed by atoms with Crippen molar-refractivity contribution in [3.63, 3.8) is 0 Å². The molecule has 0 spiro atoms. The van der Waals surface area contributed by atoms with Crippen LogP contribution in [0.3, 0.4) is 0 Å². The van der Waals surface area contributed by atoms with Gasteiger partial charge in [0, 0.05) is 6.20 Å². The van der Waals surface area contributed by atoms with Crippen LogP contribution in [0.4, 0.5) is 17.6 Å². The Balaban J connectivity index is 1.74. The Morgan fingerprint density at radius 3 is 2.06 bits per heavy atom. The number of benzene rings is 2. The molecule has 0 bridgehead atoms. The summed E-state index contributed by atoms with van der Waals surface area (Å²) in [5.74, 6) is -8.51. The number of rotatable bonds is 4. The van der Waals surface area contributed by atoms with Crippen LogP contribution in [0, 0.1) is 23.3 Å². The highest BCUT2D eigenvalue weighted by molar-refractivity contribution is 9.11. The van der Waals surface area contributed by atoms with Gasteiger partial charge in [0.05, 0.1) is 4.88 Å². The lowest BCUT2D eigenvalue weighted by Gasteiger charge is -2.27. The van der Waals surface area contributed by atoms with Gasteiger partial charge in [0.15, 0.2) is 10.1 Å². The molecule has 4 rings (SSSR count). The summed E-state index contributed by atoms with van der Waals surface area (Å²) >= 11 is 4.06. The monoisotopic (exact) mass is 543 g/mol. The van der Waals surface area contributed by atoms with Crippen molar-refractivity contribution >= 4 is 45.1 Å². The average Bonchev–Trinajstić information content (AvgIpc) is 3.31. The fourth-order valence-electron chi connectivity index (χ4n) is 3.17. The molecular formula is C20H10BrF4N3O4S. The topological polar surface area (TPSA) is 79.8 Å². The van der Waals surface area contributed by atoms with E-state index >= 15 is 0 Å². The van der Waals surface area contributed by atoms with E-state index in [9.17, 15) is 31.9 Å². The van der Waals surface area contributed by atoms with Crippen LogP contribution in [0.2, 0.25) is 0 Å². The molecule has 2 heterocycles. The van der Waals surface area contributed by atoms with Crippen molar-refractivity contribution in [3.8, 4) is 0 Å². The van der Waals surface area contributed by atoms with E-state index in [1.165, 1.54) is 6.20 Å². The lowest BCUT2D eigenvalue weighted by atomic mass is 10.1. The Bertz CT molecular complexity index is 1250. The highest BCUT2D eigenvalue weighted by atomic mass is 79.9. The minimum absolute atomic E-state index is 0.166. The Morgan fingerprint density at radius 2 is 1.55 bits per heavy atom. The van der Waals surface area contributed by atoms with Crippen LogP contribution in [0.5, 0.6) is 0 Å². The third kappa shape index (κ3) is 4.20. The van der Waals surface area contributed by atoms with Crippen molar-refractivity contribution in [2.45, 2.75) is 6.17 Å². The molecule has 33 heavy (non-hydrogen) atoms. The van der Waals surface area contributed by atoms with Crippen molar-refractivity contribution in [2.75, 3.05) is 6.54 Å². The lowest BCUT2D eigenvalue weighted by Crippen LogP contribution is -2.37. The second-order valence-corrected chi connectivity index (χ2v) is 8.95. The van der Waals surface area contributed by atoms with E-state index in [1.54, 1.807) is 0 Å². The van der Waals surface area contributed by atoms with Crippen LogP contribution in [0.15, 0.2) is 46.5 Å². The molecule has 1 aliphatic rings. The standard InChI is InChI=1S/C20H10BrF4N3O4S/c21-20-26-7-13(33-20)17-27(18(30)15-9(22)3-1-4-10(15)23)8-14(29)28(17)32-19(31)16-11(24)5-2-6-12(16)25/h1-7,17H,8H2/t17-/m0/s1. The van der Waals surface area contributed by atoms with Crippen LogP contribution in [-0.2, 0) is 9.63 Å². The van der Waals surface area contributed by atoms with Gasteiger partial charge in [-0.3, -0.25) is 9.59 Å². The van der Waals surface area contributed by atoms with Gasteiger partial charge in [-0.1, -0.05) is 12.1 Å². The molecule has 0 saturated carbocycles. The number of hydrogen-bond donors (Lipinski definition) is 0. The number of halogens is 5. The molecule has 1 saturated heterocycles. The molecule has 0 N–H and O–H groups in total. The Kier molecular flexibility index (Phi) is 6.17. The SMILES string of the molecule is O=C(ON1C(=O)CN(C(=O)c2c(F)cccc2F)[C@@H]1c1cnc(Br)s1)c1c(F)cccc1F. The summed E-state index contributed by atoms with van der Waals surface area (Å²) in [6.07, 6.45) is -0.257. The highest BCUT2D eigenvalue weighted by Crippen LogP contribution is 2.37. The van der Waals surface area contributed by atoms with Crippen molar-refractivity contribution in [1.82, 2.24) is 14.9 Å². The third-order valence-corrected chi connectivity index (χ3v) is 6.12. The quantitative estimate of drug-likeness (QED) is 0.460. The summed E-state index contributed by atoms with van der Waals surface area (Å²) in [5.41, 5.74) is -1.98. The van der Waals surface area contributed by atoms with E-state index in [1.807, 2.05) is 0 Å². The predicted octanol–water partition coefficient (Wildman–Crippen LogP) is 4.22. The molecule has 170 valence electrons. The summed E-state index contributed by atoms with van der Waals surface area (Å²) in [6.45, 7) is -0.736. The molecule has 1 atom stereocenters. The molecule has 13 heteroatoms. The summed E-state index contributed by atoms with van der Waals surface area (Å²) in [7, 11) is 0. The normalized spacial score (nSPS) is 15.8. The Labute approximate surface area is 195 Å². The summed E-state index contributed by atoms with van der Waals surface area (Å²) < 4.78 is 56.8. The molecule has 0 radical (unpaired) electrons. The fraction of sp³-hybridized carbons (Fsp3) is 0.100. The van der Waals surface area contributed by atoms with Crippen LogP contribution in [-0.4, -0.2) is 39.3 Å². The first-order chi connectivity index (χ1) is 15.7. The van der Waals surface area contributed by atoms with Gasteiger partial charge >= 0.3 is 5.97 Å². The molecule has 0 aliphatic carbocycles. The number of aromatic nitrogens is 1. The zero-order valence-electron chi connectivity index (χ0n) is 16.1. The predicted molar refractivity (Wildman–Crippen MR) is 109 cm³/mol. The summed E-state index contributed by atoms with van der Waals surface area (Å²) in [5, 5.41) is 0.421. The Hall–Kier alpha value is -3.32. The number of nitrogens with zero attached hydrogens (tertiary/aromatic N) is 3. The zero-order valence-corrected chi connectivity index (χ0v) is 18.5. The van der Waals surface area contributed by atoms with E-state index in [0.717, 1.165) is 52.6 Å². The van der Waals surface area contributed by atoms with E-state index in [0.29, 0.717) is 8.98 Å². The second-order valence-electron chi connectivity index (χ2n) is 6.61.